The molecule has 1 aromatic heterocycles. The Balaban J connectivity index is 1.85. The van der Waals surface area contributed by atoms with Crippen molar-refractivity contribution < 1.29 is 9.18 Å². The van der Waals surface area contributed by atoms with Crippen LogP contribution < -0.4 is 5.32 Å². The first kappa shape index (κ1) is 16.4. The smallest absolute Gasteiger partial charge is 0.322 e. The highest BCUT2D eigenvalue weighted by molar-refractivity contribution is 7.98. The molecule has 0 saturated carbocycles. The van der Waals surface area contributed by atoms with Crippen LogP contribution in [-0.4, -0.2) is 29.2 Å². The lowest BCUT2D eigenvalue weighted by Gasteiger charge is -2.27. The third-order valence-corrected chi connectivity index (χ3v) is 4.91. The van der Waals surface area contributed by atoms with E-state index in [-0.39, 0.29) is 17.1 Å². The van der Waals surface area contributed by atoms with Crippen LogP contribution in [0.1, 0.15) is 10.9 Å². The number of carbonyl (C=O) groups is 1. The van der Waals surface area contributed by atoms with Gasteiger partial charge in [0, 0.05) is 29.7 Å². The zero-order chi connectivity index (χ0) is 17.1. The summed E-state index contributed by atoms with van der Waals surface area (Å²) >= 11 is 1.55. The number of aromatic amines is 1. The minimum atomic E-state index is -0.452. The molecule has 2 N–H and O–H groups in total. The fourth-order valence-corrected chi connectivity index (χ4v) is 3.53. The van der Waals surface area contributed by atoms with Gasteiger partial charge in [0.05, 0.1) is 5.69 Å². The summed E-state index contributed by atoms with van der Waals surface area (Å²) in [5, 5.41) is 3.51. The Morgan fingerprint density at radius 3 is 2.67 bits per heavy atom. The van der Waals surface area contributed by atoms with E-state index in [9.17, 15) is 9.18 Å². The molecule has 0 radical (unpaired) electrons. The number of hydrogen-bond acceptors (Lipinski definition) is 2. The number of H-pyrrole nitrogens is 1. The standard InChI is InChI=1S/C18H18FN3OS/c1-22(18(23)21-16-10-6-4-8-14(16)19)17(24-2)13-11-20-15-9-5-3-7-12(13)15/h3-11,17,20H,1-2H3,(H,21,23). The summed E-state index contributed by atoms with van der Waals surface area (Å²) in [5.74, 6) is -0.452. The predicted molar refractivity (Wildman–Crippen MR) is 97.7 cm³/mol. The minimum Gasteiger partial charge on any atom is -0.361 e. The average molecular weight is 343 g/mol. The quantitative estimate of drug-likeness (QED) is 0.666. The lowest BCUT2D eigenvalue weighted by molar-refractivity contribution is 0.219. The van der Waals surface area contributed by atoms with Crippen LogP contribution in [0.2, 0.25) is 0 Å². The Hall–Kier alpha value is -2.47. The second-order valence-electron chi connectivity index (χ2n) is 5.40. The maximum absolute atomic E-state index is 13.7. The van der Waals surface area contributed by atoms with E-state index in [0.29, 0.717) is 0 Å². The molecule has 4 nitrogen and oxygen atoms in total. The van der Waals surface area contributed by atoms with Crippen LogP contribution >= 0.6 is 11.8 Å². The van der Waals surface area contributed by atoms with Gasteiger partial charge in [-0.25, -0.2) is 9.18 Å². The van der Waals surface area contributed by atoms with Crippen LogP contribution in [0, 0.1) is 5.82 Å². The highest BCUT2D eigenvalue weighted by atomic mass is 32.2. The molecule has 1 atom stereocenters. The number of carbonyl (C=O) groups excluding carboxylic acids is 1. The van der Waals surface area contributed by atoms with Gasteiger partial charge in [0.25, 0.3) is 0 Å². The Morgan fingerprint density at radius 2 is 1.92 bits per heavy atom. The molecule has 0 bridgehead atoms. The van der Waals surface area contributed by atoms with Crippen molar-refractivity contribution in [1.82, 2.24) is 9.88 Å². The summed E-state index contributed by atoms with van der Waals surface area (Å²) in [6, 6.07) is 13.7. The number of rotatable bonds is 4. The molecule has 6 heteroatoms. The zero-order valence-electron chi connectivity index (χ0n) is 13.4. The van der Waals surface area contributed by atoms with Gasteiger partial charge in [-0.2, -0.15) is 0 Å². The summed E-state index contributed by atoms with van der Waals surface area (Å²) in [7, 11) is 1.71. The number of nitrogens with zero attached hydrogens (tertiary/aromatic N) is 1. The maximum atomic E-state index is 13.7. The lowest BCUT2D eigenvalue weighted by Crippen LogP contribution is -2.33. The number of benzene rings is 2. The molecule has 0 aliphatic heterocycles. The Kier molecular flexibility index (Phi) is 4.76. The van der Waals surface area contributed by atoms with Gasteiger partial charge in [-0.1, -0.05) is 30.3 Å². The summed E-state index contributed by atoms with van der Waals surface area (Å²) < 4.78 is 13.7. The van der Waals surface area contributed by atoms with Crippen molar-refractivity contribution in [2.45, 2.75) is 5.37 Å². The van der Waals surface area contributed by atoms with E-state index in [1.165, 1.54) is 6.07 Å². The van der Waals surface area contributed by atoms with E-state index in [0.717, 1.165) is 16.5 Å². The van der Waals surface area contributed by atoms with Crippen LogP contribution in [0.3, 0.4) is 0 Å². The first-order valence-corrected chi connectivity index (χ1v) is 8.77. The molecule has 0 aliphatic rings. The zero-order valence-corrected chi connectivity index (χ0v) is 14.2. The van der Waals surface area contributed by atoms with Gasteiger partial charge in [0.2, 0.25) is 0 Å². The molecule has 1 unspecified atom stereocenters. The van der Waals surface area contributed by atoms with Gasteiger partial charge in [0.1, 0.15) is 11.2 Å². The van der Waals surface area contributed by atoms with Crippen molar-refractivity contribution in [2.24, 2.45) is 0 Å². The molecule has 2 amide bonds. The molecule has 2 aromatic carbocycles. The summed E-state index contributed by atoms with van der Waals surface area (Å²) in [4.78, 5) is 17.3. The number of anilines is 1. The summed E-state index contributed by atoms with van der Waals surface area (Å²) in [5.41, 5.74) is 2.21. The van der Waals surface area contributed by atoms with Gasteiger partial charge in [-0.3, -0.25) is 0 Å². The molecular formula is C18H18FN3OS. The normalized spacial score (nSPS) is 12.1. The number of urea groups is 1. The summed E-state index contributed by atoms with van der Waals surface area (Å²) in [6.45, 7) is 0. The van der Waals surface area contributed by atoms with Crippen LogP contribution in [0.4, 0.5) is 14.9 Å². The molecule has 0 fully saturated rings. The van der Waals surface area contributed by atoms with Crippen LogP contribution in [0.5, 0.6) is 0 Å². The number of hydrogen-bond donors (Lipinski definition) is 2. The van der Waals surface area contributed by atoms with Gasteiger partial charge in [-0.15, -0.1) is 11.8 Å². The minimum absolute atomic E-state index is 0.174. The van der Waals surface area contributed by atoms with E-state index in [4.69, 9.17) is 0 Å². The number of nitrogens with one attached hydrogen (secondary N) is 2. The van der Waals surface area contributed by atoms with E-state index in [1.807, 2.05) is 36.7 Å². The largest absolute Gasteiger partial charge is 0.361 e. The number of para-hydroxylation sites is 2. The number of thioether (sulfide) groups is 1. The predicted octanol–water partition coefficient (Wildman–Crippen LogP) is 4.83. The Morgan fingerprint density at radius 1 is 1.21 bits per heavy atom. The number of aromatic nitrogens is 1. The van der Waals surface area contributed by atoms with Gasteiger partial charge >= 0.3 is 6.03 Å². The highest BCUT2D eigenvalue weighted by Crippen LogP contribution is 2.34. The molecule has 3 aromatic rings. The van der Waals surface area contributed by atoms with E-state index >= 15 is 0 Å². The first-order valence-electron chi connectivity index (χ1n) is 7.49. The topological polar surface area (TPSA) is 48.1 Å². The van der Waals surface area contributed by atoms with E-state index in [1.54, 1.807) is 41.9 Å². The van der Waals surface area contributed by atoms with E-state index in [2.05, 4.69) is 10.3 Å². The van der Waals surface area contributed by atoms with Crippen LogP contribution in [0.25, 0.3) is 10.9 Å². The molecule has 0 aliphatic carbocycles. The highest BCUT2D eigenvalue weighted by Gasteiger charge is 2.24. The SMILES string of the molecule is CSC(c1c[nH]c2ccccc12)N(C)C(=O)Nc1ccccc1F. The molecule has 0 spiro atoms. The van der Waals surface area contributed by atoms with Crippen molar-refractivity contribution in [3.8, 4) is 0 Å². The molecule has 3 rings (SSSR count). The lowest BCUT2D eigenvalue weighted by atomic mass is 10.1. The number of halogens is 1. The third kappa shape index (κ3) is 3.10. The average Bonchev–Trinajstić information content (AvgIpc) is 3.01. The van der Waals surface area contributed by atoms with Crippen molar-refractivity contribution in [2.75, 3.05) is 18.6 Å². The molecule has 124 valence electrons. The van der Waals surface area contributed by atoms with Crippen molar-refractivity contribution in [3.63, 3.8) is 0 Å². The molecule has 1 heterocycles. The number of amides is 2. The Labute approximate surface area is 144 Å². The fraction of sp³-hybridized carbons (Fsp3) is 0.167. The fourth-order valence-electron chi connectivity index (χ4n) is 2.66. The van der Waals surface area contributed by atoms with Crippen molar-refractivity contribution >= 4 is 34.4 Å². The van der Waals surface area contributed by atoms with Gasteiger partial charge in [0.15, 0.2) is 0 Å². The Bertz CT molecular complexity index is 864. The van der Waals surface area contributed by atoms with Crippen LogP contribution in [-0.2, 0) is 0 Å². The van der Waals surface area contributed by atoms with Crippen molar-refractivity contribution in [3.05, 3.63) is 66.1 Å². The second-order valence-corrected chi connectivity index (χ2v) is 6.32. The molecule has 0 saturated heterocycles. The molecular weight excluding hydrogens is 325 g/mol. The number of fused-ring (bicyclic) bond motifs is 1. The molecule has 24 heavy (non-hydrogen) atoms. The maximum Gasteiger partial charge on any atom is 0.322 e. The summed E-state index contributed by atoms with van der Waals surface area (Å²) in [6.07, 6.45) is 3.86. The monoisotopic (exact) mass is 343 g/mol. The van der Waals surface area contributed by atoms with Crippen LogP contribution in [0.15, 0.2) is 54.7 Å². The van der Waals surface area contributed by atoms with Gasteiger partial charge < -0.3 is 15.2 Å². The van der Waals surface area contributed by atoms with E-state index < -0.39 is 5.82 Å². The third-order valence-electron chi connectivity index (χ3n) is 3.90. The van der Waals surface area contributed by atoms with Gasteiger partial charge in [-0.05, 0) is 24.5 Å². The first-order chi connectivity index (χ1) is 11.6. The second kappa shape index (κ2) is 6.97. The van der Waals surface area contributed by atoms with Crippen molar-refractivity contribution in [1.29, 1.82) is 0 Å².